The summed E-state index contributed by atoms with van der Waals surface area (Å²) in [7, 11) is 0. The summed E-state index contributed by atoms with van der Waals surface area (Å²) < 4.78 is 5.68. The van der Waals surface area contributed by atoms with Crippen LogP contribution >= 0.6 is 0 Å². The number of carbonyl (C=O) groups excluding carboxylic acids is 1. The van der Waals surface area contributed by atoms with E-state index in [4.69, 9.17) is 4.74 Å². The third-order valence-corrected chi connectivity index (χ3v) is 4.10. The quantitative estimate of drug-likeness (QED) is 0.616. The Hall–Kier alpha value is -2.83. The van der Waals surface area contributed by atoms with Crippen LogP contribution in [0, 0.1) is 0 Å². The first-order valence-electron chi connectivity index (χ1n) is 9.44. The van der Waals surface area contributed by atoms with Crippen LogP contribution in [-0.4, -0.2) is 40.7 Å². The molecule has 0 unspecified atom stereocenters. The number of benzene rings is 1. The van der Waals surface area contributed by atoms with Crippen molar-refractivity contribution in [2.75, 3.05) is 29.9 Å². The van der Waals surface area contributed by atoms with Gasteiger partial charge in [0.05, 0.1) is 6.61 Å². The number of nitrogens with zero attached hydrogens (tertiary/aromatic N) is 3. The lowest BCUT2D eigenvalue weighted by molar-refractivity contribution is 0.102. The number of nitrogens with one attached hydrogen (secondary N) is 1. The number of ether oxygens (including phenoxy) is 1. The summed E-state index contributed by atoms with van der Waals surface area (Å²) in [4.78, 5) is 23.4. The van der Waals surface area contributed by atoms with Crippen LogP contribution in [-0.2, 0) is 0 Å². The molecule has 2 N–H and O–H groups in total. The average molecular weight is 372 g/mol. The number of aromatic hydroxyl groups is 1. The second kappa shape index (κ2) is 10.4. The Labute approximate surface area is 160 Å². The van der Waals surface area contributed by atoms with Crippen LogP contribution in [0.4, 0.5) is 11.5 Å². The highest BCUT2D eigenvalue weighted by Gasteiger charge is 2.16. The van der Waals surface area contributed by atoms with Crippen LogP contribution in [0.15, 0.2) is 30.3 Å². The van der Waals surface area contributed by atoms with Crippen molar-refractivity contribution < 1.29 is 14.6 Å². The van der Waals surface area contributed by atoms with Crippen molar-refractivity contribution in [1.82, 2.24) is 9.97 Å². The molecule has 0 saturated heterocycles. The SMILES string of the molecule is CCCCCOc1nc(C(=O)Nc2cccc(O)c2)cc(N(CC)CC)n1. The van der Waals surface area contributed by atoms with E-state index in [1.807, 2.05) is 18.7 Å². The fourth-order valence-electron chi connectivity index (χ4n) is 2.60. The van der Waals surface area contributed by atoms with Gasteiger partial charge in [0.2, 0.25) is 0 Å². The van der Waals surface area contributed by atoms with Gasteiger partial charge in [0.1, 0.15) is 17.3 Å². The van der Waals surface area contributed by atoms with Crippen molar-refractivity contribution in [1.29, 1.82) is 0 Å². The smallest absolute Gasteiger partial charge is 0.319 e. The maximum absolute atomic E-state index is 12.6. The van der Waals surface area contributed by atoms with Crippen molar-refractivity contribution in [3.63, 3.8) is 0 Å². The average Bonchev–Trinajstić information content (AvgIpc) is 2.66. The molecule has 0 aliphatic rings. The fraction of sp³-hybridized carbons (Fsp3) is 0.450. The molecule has 0 aliphatic carbocycles. The Morgan fingerprint density at radius 1 is 1.15 bits per heavy atom. The van der Waals surface area contributed by atoms with E-state index in [1.165, 1.54) is 6.07 Å². The number of amides is 1. The Bertz CT molecular complexity index is 748. The minimum absolute atomic E-state index is 0.0827. The topological polar surface area (TPSA) is 87.6 Å². The van der Waals surface area contributed by atoms with Crippen LogP contribution in [0.1, 0.15) is 50.5 Å². The van der Waals surface area contributed by atoms with Crippen molar-refractivity contribution >= 4 is 17.4 Å². The van der Waals surface area contributed by atoms with Gasteiger partial charge >= 0.3 is 6.01 Å². The van der Waals surface area contributed by atoms with Crippen LogP contribution < -0.4 is 15.0 Å². The molecule has 0 bridgehead atoms. The van der Waals surface area contributed by atoms with Crippen molar-refractivity contribution in [3.8, 4) is 11.8 Å². The highest BCUT2D eigenvalue weighted by Crippen LogP contribution is 2.19. The Morgan fingerprint density at radius 3 is 2.59 bits per heavy atom. The molecule has 0 aliphatic heterocycles. The molecule has 0 saturated carbocycles. The van der Waals surface area contributed by atoms with E-state index in [1.54, 1.807) is 24.3 Å². The number of phenols is 1. The summed E-state index contributed by atoms with van der Waals surface area (Å²) >= 11 is 0. The van der Waals surface area contributed by atoms with Crippen molar-refractivity contribution in [2.45, 2.75) is 40.0 Å². The van der Waals surface area contributed by atoms with E-state index in [2.05, 4.69) is 22.2 Å². The number of unbranched alkanes of at least 4 members (excludes halogenated alkanes) is 2. The summed E-state index contributed by atoms with van der Waals surface area (Å²) in [5, 5.41) is 12.3. The summed E-state index contributed by atoms with van der Waals surface area (Å²) in [6, 6.07) is 8.25. The highest BCUT2D eigenvalue weighted by molar-refractivity contribution is 6.03. The number of anilines is 2. The van der Waals surface area contributed by atoms with Gasteiger partial charge in [-0.25, -0.2) is 0 Å². The zero-order valence-corrected chi connectivity index (χ0v) is 16.2. The molecule has 27 heavy (non-hydrogen) atoms. The van der Waals surface area contributed by atoms with Crippen molar-refractivity contribution in [2.24, 2.45) is 0 Å². The summed E-state index contributed by atoms with van der Waals surface area (Å²) in [6.45, 7) is 8.22. The number of carbonyl (C=O) groups is 1. The van der Waals surface area contributed by atoms with Gasteiger partial charge < -0.3 is 20.1 Å². The molecule has 2 aromatic rings. The standard InChI is InChI=1S/C20H28N4O3/c1-4-7-8-12-27-20-22-17(14-18(23-20)24(5-2)6-3)19(26)21-15-10-9-11-16(25)13-15/h9-11,13-14,25H,4-8,12H2,1-3H3,(H,21,26). The van der Waals surface area contributed by atoms with E-state index in [9.17, 15) is 9.90 Å². The second-order valence-electron chi connectivity index (χ2n) is 6.13. The number of rotatable bonds is 10. The molecular weight excluding hydrogens is 344 g/mol. The van der Waals surface area contributed by atoms with Crippen LogP contribution in [0.5, 0.6) is 11.8 Å². The van der Waals surface area contributed by atoms with Crippen LogP contribution in [0.3, 0.4) is 0 Å². The molecule has 1 amide bonds. The maximum Gasteiger partial charge on any atom is 0.319 e. The lowest BCUT2D eigenvalue weighted by atomic mass is 10.2. The van der Waals surface area contributed by atoms with Gasteiger partial charge in [0.15, 0.2) is 0 Å². The first-order valence-corrected chi connectivity index (χ1v) is 9.44. The zero-order chi connectivity index (χ0) is 19.6. The third-order valence-electron chi connectivity index (χ3n) is 4.10. The van der Waals surface area contributed by atoms with Gasteiger partial charge in [-0.2, -0.15) is 9.97 Å². The third kappa shape index (κ3) is 6.13. The zero-order valence-electron chi connectivity index (χ0n) is 16.2. The molecule has 1 aromatic carbocycles. The summed E-state index contributed by atoms with van der Waals surface area (Å²) in [6.07, 6.45) is 3.09. The molecule has 0 spiro atoms. The minimum Gasteiger partial charge on any atom is -0.508 e. The minimum atomic E-state index is -0.380. The monoisotopic (exact) mass is 372 g/mol. The predicted molar refractivity (Wildman–Crippen MR) is 107 cm³/mol. The first-order chi connectivity index (χ1) is 13.1. The molecule has 0 radical (unpaired) electrons. The summed E-state index contributed by atoms with van der Waals surface area (Å²) in [5.74, 6) is 0.357. The maximum atomic E-state index is 12.6. The number of phenolic OH excluding ortho intramolecular Hbond substituents is 1. The molecule has 0 atom stereocenters. The Balaban J connectivity index is 2.23. The molecule has 7 nitrogen and oxygen atoms in total. The van der Waals surface area contributed by atoms with Crippen molar-refractivity contribution in [3.05, 3.63) is 36.0 Å². The van der Waals surface area contributed by atoms with E-state index in [0.29, 0.717) is 18.1 Å². The molecule has 2 rings (SSSR count). The van der Waals surface area contributed by atoms with Gasteiger partial charge in [-0.15, -0.1) is 0 Å². The van der Waals surface area contributed by atoms with Gasteiger partial charge in [0.25, 0.3) is 5.91 Å². The normalized spacial score (nSPS) is 10.5. The molecular formula is C20H28N4O3. The van der Waals surface area contributed by atoms with Gasteiger partial charge in [-0.1, -0.05) is 25.8 Å². The van der Waals surface area contributed by atoms with Crippen LogP contribution in [0.25, 0.3) is 0 Å². The predicted octanol–water partition coefficient (Wildman–Crippen LogP) is 3.85. The van der Waals surface area contributed by atoms with E-state index < -0.39 is 0 Å². The first kappa shape index (κ1) is 20.5. The molecule has 1 aromatic heterocycles. The molecule has 7 heteroatoms. The lowest BCUT2D eigenvalue weighted by Gasteiger charge is -2.20. The van der Waals surface area contributed by atoms with Gasteiger partial charge in [0, 0.05) is 30.9 Å². The van der Waals surface area contributed by atoms with E-state index in [-0.39, 0.29) is 23.4 Å². The van der Waals surface area contributed by atoms with E-state index in [0.717, 1.165) is 32.4 Å². The van der Waals surface area contributed by atoms with Gasteiger partial charge in [-0.05, 0) is 32.4 Å². The van der Waals surface area contributed by atoms with Crippen LogP contribution in [0.2, 0.25) is 0 Å². The van der Waals surface area contributed by atoms with Gasteiger partial charge in [-0.3, -0.25) is 4.79 Å². The highest BCUT2D eigenvalue weighted by atomic mass is 16.5. The number of aromatic nitrogens is 2. The second-order valence-corrected chi connectivity index (χ2v) is 6.13. The molecule has 0 fully saturated rings. The fourth-order valence-corrected chi connectivity index (χ4v) is 2.60. The Kier molecular flexibility index (Phi) is 7.85. The number of hydrogen-bond acceptors (Lipinski definition) is 6. The van der Waals surface area contributed by atoms with E-state index >= 15 is 0 Å². The largest absolute Gasteiger partial charge is 0.508 e. The number of hydrogen-bond donors (Lipinski definition) is 2. The summed E-state index contributed by atoms with van der Waals surface area (Å²) in [5.41, 5.74) is 0.717. The molecule has 1 heterocycles. The lowest BCUT2D eigenvalue weighted by Crippen LogP contribution is -2.25. The molecule has 146 valence electrons. The Morgan fingerprint density at radius 2 is 1.93 bits per heavy atom.